The second kappa shape index (κ2) is 7.36. The maximum absolute atomic E-state index is 13.9. The van der Waals surface area contributed by atoms with Crippen LogP contribution in [0.4, 0.5) is 4.39 Å². The lowest BCUT2D eigenvalue weighted by Crippen LogP contribution is -2.45. The van der Waals surface area contributed by atoms with Gasteiger partial charge in [0.15, 0.2) is 5.82 Å². The van der Waals surface area contributed by atoms with E-state index in [0.717, 1.165) is 42.3 Å². The van der Waals surface area contributed by atoms with Gasteiger partial charge in [0.05, 0.1) is 23.3 Å². The molecule has 2 unspecified atom stereocenters. The fourth-order valence-electron chi connectivity index (χ4n) is 6.06. The maximum atomic E-state index is 13.9. The van der Waals surface area contributed by atoms with Crippen molar-refractivity contribution in [2.75, 3.05) is 0 Å². The number of nitrogens with one attached hydrogen (secondary N) is 1. The van der Waals surface area contributed by atoms with Gasteiger partial charge in [0, 0.05) is 22.5 Å². The SMILES string of the molecule is O=C(O)C1C2CCC(CC2)C1Cc1nc(-c2c[nH]c3ncc(F)cc23)nc2ccccc12. The number of carbonyl (C=O) groups is 1. The van der Waals surface area contributed by atoms with E-state index in [-0.39, 0.29) is 17.8 Å². The normalized spacial score (nSPS) is 24.9. The molecule has 2 bridgehead atoms. The Balaban J connectivity index is 1.48. The number of halogens is 1. The molecule has 162 valence electrons. The van der Waals surface area contributed by atoms with Crippen molar-refractivity contribution in [1.82, 2.24) is 19.9 Å². The number of nitrogens with zero attached hydrogens (tertiary/aromatic N) is 3. The minimum Gasteiger partial charge on any atom is -0.481 e. The maximum Gasteiger partial charge on any atom is 0.307 e. The molecule has 4 aromatic rings. The summed E-state index contributed by atoms with van der Waals surface area (Å²) in [7, 11) is 0. The van der Waals surface area contributed by atoms with Gasteiger partial charge in [-0.3, -0.25) is 4.79 Å². The third-order valence-corrected chi connectivity index (χ3v) is 7.53. The van der Waals surface area contributed by atoms with Crippen molar-refractivity contribution in [2.24, 2.45) is 23.7 Å². The van der Waals surface area contributed by atoms with Crippen LogP contribution in [0.1, 0.15) is 31.4 Å². The van der Waals surface area contributed by atoms with Gasteiger partial charge in [0.25, 0.3) is 0 Å². The van der Waals surface area contributed by atoms with Crippen LogP contribution in [0.5, 0.6) is 0 Å². The second-order valence-corrected chi connectivity index (χ2v) is 9.17. The summed E-state index contributed by atoms with van der Waals surface area (Å²) in [6, 6.07) is 9.28. The van der Waals surface area contributed by atoms with Crippen LogP contribution >= 0.6 is 0 Å². The minimum atomic E-state index is -0.679. The standard InChI is InChI=1S/C25H23FN4O2/c26-15-9-18-19(12-28-23(18)27-11-15)24-29-20-4-2-1-3-16(20)21(30-24)10-17-13-5-7-14(8-6-13)22(17)25(31)32/h1-4,9,11-14,17,22H,5-8,10H2,(H,27,28)(H,31,32). The first-order chi connectivity index (χ1) is 15.6. The lowest BCUT2D eigenvalue weighted by molar-refractivity contribution is -0.152. The molecule has 2 atom stereocenters. The lowest BCUT2D eigenvalue weighted by atomic mass is 9.57. The Hall–Kier alpha value is -3.35. The number of carboxylic acids is 1. The predicted molar refractivity (Wildman–Crippen MR) is 118 cm³/mol. The zero-order valence-electron chi connectivity index (χ0n) is 17.5. The molecule has 1 aromatic carbocycles. The van der Waals surface area contributed by atoms with Gasteiger partial charge in [0.1, 0.15) is 11.5 Å². The smallest absolute Gasteiger partial charge is 0.307 e. The number of hydrogen-bond acceptors (Lipinski definition) is 4. The number of aliphatic carboxylic acids is 1. The molecule has 0 saturated heterocycles. The Morgan fingerprint density at radius 3 is 2.69 bits per heavy atom. The van der Waals surface area contributed by atoms with Crippen LogP contribution in [-0.4, -0.2) is 31.0 Å². The summed E-state index contributed by atoms with van der Waals surface area (Å²) in [6.45, 7) is 0. The van der Waals surface area contributed by atoms with Gasteiger partial charge in [-0.1, -0.05) is 18.2 Å². The molecular formula is C25H23FN4O2. The summed E-state index contributed by atoms with van der Waals surface area (Å²) in [4.78, 5) is 29.0. The number of para-hydroxylation sites is 1. The molecule has 0 amide bonds. The Morgan fingerprint density at radius 2 is 1.88 bits per heavy atom. The van der Waals surface area contributed by atoms with Gasteiger partial charge < -0.3 is 10.1 Å². The molecule has 0 radical (unpaired) electrons. The fraction of sp³-hybridized carbons (Fsp3) is 0.360. The van der Waals surface area contributed by atoms with Crippen LogP contribution in [0.25, 0.3) is 33.3 Å². The van der Waals surface area contributed by atoms with Gasteiger partial charge in [-0.05, 0) is 62.0 Å². The zero-order chi connectivity index (χ0) is 21.8. The molecule has 2 N–H and O–H groups in total. The van der Waals surface area contributed by atoms with Crippen molar-refractivity contribution < 1.29 is 14.3 Å². The zero-order valence-corrected chi connectivity index (χ0v) is 17.5. The van der Waals surface area contributed by atoms with E-state index in [2.05, 4.69) is 9.97 Å². The third-order valence-electron chi connectivity index (χ3n) is 7.53. The molecule has 3 heterocycles. The second-order valence-electron chi connectivity index (χ2n) is 9.17. The number of aromatic nitrogens is 4. The quantitative estimate of drug-likeness (QED) is 0.476. The number of H-pyrrole nitrogens is 1. The van der Waals surface area contributed by atoms with Crippen molar-refractivity contribution in [3.63, 3.8) is 0 Å². The predicted octanol–water partition coefficient (Wildman–Crippen LogP) is 4.99. The van der Waals surface area contributed by atoms with Crippen molar-refractivity contribution in [3.05, 3.63) is 54.2 Å². The number of hydrogen-bond donors (Lipinski definition) is 2. The Bertz CT molecular complexity index is 1340. The minimum absolute atomic E-state index is 0.0771. The summed E-state index contributed by atoms with van der Waals surface area (Å²) in [5.74, 6) is -0.144. The largest absolute Gasteiger partial charge is 0.481 e. The molecule has 32 heavy (non-hydrogen) atoms. The van der Waals surface area contributed by atoms with Crippen LogP contribution in [-0.2, 0) is 11.2 Å². The summed E-state index contributed by atoms with van der Waals surface area (Å²) in [5, 5.41) is 11.6. The average Bonchev–Trinajstić information content (AvgIpc) is 3.22. The van der Waals surface area contributed by atoms with E-state index in [4.69, 9.17) is 9.97 Å². The highest BCUT2D eigenvalue weighted by atomic mass is 19.1. The van der Waals surface area contributed by atoms with E-state index in [1.54, 1.807) is 6.20 Å². The first-order valence-corrected chi connectivity index (χ1v) is 11.2. The van der Waals surface area contributed by atoms with E-state index in [1.165, 1.54) is 12.3 Å². The summed E-state index contributed by atoms with van der Waals surface area (Å²) >= 11 is 0. The molecule has 7 heteroatoms. The molecule has 0 aliphatic heterocycles. The average molecular weight is 430 g/mol. The molecular weight excluding hydrogens is 407 g/mol. The van der Waals surface area contributed by atoms with Gasteiger partial charge in [0.2, 0.25) is 0 Å². The van der Waals surface area contributed by atoms with E-state index >= 15 is 0 Å². The van der Waals surface area contributed by atoms with E-state index in [1.807, 2.05) is 24.3 Å². The number of rotatable bonds is 4. The summed E-state index contributed by atoms with van der Waals surface area (Å²) < 4.78 is 13.9. The van der Waals surface area contributed by atoms with E-state index in [0.29, 0.717) is 34.8 Å². The van der Waals surface area contributed by atoms with Crippen LogP contribution in [0.15, 0.2) is 42.7 Å². The van der Waals surface area contributed by atoms with Crippen molar-refractivity contribution in [2.45, 2.75) is 32.1 Å². The van der Waals surface area contributed by atoms with Crippen molar-refractivity contribution in [3.8, 4) is 11.4 Å². The molecule has 3 aliphatic carbocycles. The highest BCUT2D eigenvalue weighted by Gasteiger charge is 2.47. The number of pyridine rings is 1. The lowest BCUT2D eigenvalue weighted by Gasteiger charge is -2.47. The topological polar surface area (TPSA) is 91.8 Å². The Morgan fingerprint density at radius 1 is 1.09 bits per heavy atom. The van der Waals surface area contributed by atoms with Gasteiger partial charge in [-0.15, -0.1) is 0 Å². The highest BCUT2D eigenvalue weighted by molar-refractivity contribution is 5.93. The van der Waals surface area contributed by atoms with Crippen LogP contribution < -0.4 is 0 Å². The monoisotopic (exact) mass is 430 g/mol. The molecule has 3 aliphatic rings. The molecule has 0 spiro atoms. The Kier molecular flexibility index (Phi) is 4.45. The molecule has 3 saturated carbocycles. The van der Waals surface area contributed by atoms with E-state index < -0.39 is 11.8 Å². The van der Waals surface area contributed by atoms with E-state index in [9.17, 15) is 14.3 Å². The number of aromatic amines is 1. The number of fused-ring (bicyclic) bond motifs is 5. The highest BCUT2D eigenvalue weighted by Crippen LogP contribution is 2.50. The molecule has 7 rings (SSSR count). The van der Waals surface area contributed by atoms with Crippen LogP contribution in [0, 0.1) is 29.5 Å². The van der Waals surface area contributed by atoms with Gasteiger partial charge >= 0.3 is 5.97 Å². The van der Waals surface area contributed by atoms with Crippen molar-refractivity contribution >= 4 is 27.9 Å². The first-order valence-electron chi connectivity index (χ1n) is 11.2. The molecule has 6 nitrogen and oxygen atoms in total. The number of carboxylic acid groups (broad SMARTS) is 1. The van der Waals surface area contributed by atoms with Gasteiger partial charge in [-0.2, -0.15) is 0 Å². The van der Waals surface area contributed by atoms with Crippen LogP contribution in [0.2, 0.25) is 0 Å². The first kappa shape index (κ1) is 19.3. The fourth-order valence-corrected chi connectivity index (χ4v) is 6.06. The summed E-state index contributed by atoms with van der Waals surface area (Å²) in [6.07, 6.45) is 7.78. The van der Waals surface area contributed by atoms with Gasteiger partial charge in [-0.25, -0.2) is 19.3 Å². The van der Waals surface area contributed by atoms with Crippen molar-refractivity contribution in [1.29, 1.82) is 0 Å². The van der Waals surface area contributed by atoms with Crippen LogP contribution in [0.3, 0.4) is 0 Å². The number of benzene rings is 1. The summed E-state index contributed by atoms with van der Waals surface area (Å²) in [5.41, 5.74) is 2.95. The third kappa shape index (κ3) is 3.06. The molecule has 3 fully saturated rings. The Labute approximate surface area is 183 Å². The molecule has 3 aromatic heterocycles.